The number of para-hydroxylation sites is 6. The molecule has 13 aromatic rings. The van der Waals surface area contributed by atoms with Crippen LogP contribution in [0.1, 0.15) is 0 Å². The Kier molecular flexibility index (Phi) is 10.1. The van der Waals surface area contributed by atoms with Crippen LogP contribution < -0.4 is 9.80 Å². The fraction of sp³-hybridized carbons (Fsp3) is 0. The summed E-state index contributed by atoms with van der Waals surface area (Å²) in [6.07, 6.45) is 0. The van der Waals surface area contributed by atoms with Crippen LogP contribution in [0.25, 0.3) is 77.2 Å². The third kappa shape index (κ3) is 7.10. The Bertz CT molecular complexity index is 3630. The summed E-state index contributed by atoms with van der Waals surface area (Å²) >= 11 is 0. The van der Waals surface area contributed by atoms with Crippen molar-refractivity contribution in [3.8, 4) is 33.6 Å². The lowest BCUT2D eigenvalue weighted by Crippen LogP contribution is -2.09. The molecule has 2 heterocycles. The van der Waals surface area contributed by atoms with Gasteiger partial charge in [0.15, 0.2) is 0 Å². The Hall–Kier alpha value is -9.38. The SMILES string of the molecule is c1ccc(N(c2ccccc2)c2ccc3c4ccccc4n(-c4ccc(-c5ccccc5-c5ccc(-n6c7ccccc7c7ccc(N(c8ccccc8)c8ccccc8)cc76)cc5)cc4)c3c2)cc1. The summed E-state index contributed by atoms with van der Waals surface area (Å²) in [5, 5.41) is 4.91. The van der Waals surface area contributed by atoms with E-state index in [1.54, 1.807) is 0 Å². The number of benzene rings is 11. The molecule has 0 spiro atoms. The third-order valence-corrected chi connectivity index (χ3v) is 13.7. The fourth-order valence-corrected chi connectivity index (χ4v) is 10.5. The lowest BCUT2D eigenvalue weighted by Gasteiger charge is -2.25. The maximum Gasteiger partial charge on any atom is 0.0561 e. The van der Waals surface area contributed by atoms with Gasteiger partial charge in [0.2, 0.25) is 0 Å². The summed E-state index contributed by atoms with van der Waals surface area (Å²) in [5.74, 6) is 0. The molecule has 0 unspecified atom stereocenters. The second-order valence-corrected chi connectivity index (χ2v) is 17.8. The summed E-state index contributed by atoms with van der Waals surface area (Å²) in [6.45, 7) is 0. The zero-order valence-electron chi connectivity index (χ0n) is 38.3. The van der Waals surface area contributed by atoms with Crippen LogP contribution in [-0.2, 0) is 0 Å². The Morgan fingerprint density at radius 2 is 0.514 bits per heavy atom. The highest BCUT2D eigenvalue weighted by Crippen LogP contribution is 2.42. The largest absolute Gasteiger partial charge is 0.310 e. The van der Waals surface area contributed by atoms with Gasteiger partial charge in [-0.1, -0.05) is 170 Å². The molecule has 11 aromatic carbocycles. The van der Waals surface area contributed by atoms with Crippen LogP contribution in [0.2, 0.25) is 0 Å². The van der Waals surface area contributed by atoms with Crippen LogP contribution in [-0.4, -0.2) is 9.13 Å². The molecule has 0 aliphatic heterocycles. The van der Waals surface area contributed by atoms with Gasteiger partial charge in [-0.25, -0.2) is 0 Å². The molecule has 0 bridgehead atoms. The van der Waals surface area contributed by atoms with Gasteiger partial charge >= 0.3 is 0 Å². The van der Waals surface area contributed by atoms with Gasteiger partial charge in [0, 0.05) is 67.0 Å². The zero-order chi connectivity index (χ0) is 46.4. The fourth-order valence-electron chi connectivity index (χ4n) is 10.5. The number of nitrogens with zero attached hydrogens (tertiary/aromatic N) is 4. The second kappa shape index (κ2) is 17.4. The Labute approximate surface area is 407 Å². The quantitative estimate of drug-likeness (QED) is 0.136. The number of anilines is 6. The highest BCUT2D eigenvalue weighted by atomic mass is 15.2. The molecule has 0 saturated heterocycles. The minimum Gasteiger partial charge on any atom is -0.310 e. The van der Waals surface area contributed by atoms with Crippen LogP contribution >= 0.6 is 0 Å². The first kappa shape index (κ1) is 40.9. The van der Waals surface area contributed by atoms with Gasteiger partial charge in [-0.15, -0.1) is 0 Å². The predicted molar refractivity (Wildman–Crippen MR) is 295 cm³/mol. The first-order valence-electron chi connectivity index (χ1n) is 23.9. The average Bonchev–Trinajstić information content (AvgIpc) is 3.94. The summed E-state index contributed by atoms with van der Waals surface area (Å²) in [7, 11) is 0. The molecule has 0 saturated carbocycles. The summed E-state index contributed by atoms with van der Waals surface area (Å²) in [6, 6.07) is 101. The Morgan fingerprint density at radius 3 is 0.871 bits per heavy atom. The van der Waals surface area contributed by atoms with Crippen molar-refractivity contribution in [2.75, 3.05) is 9.80 Å². The smallest absolute Gasteiger partial charge is 0.0561 e. The third-order valence-electron chi connectivity index (χ3n) is 13.7. The van der Waals surface area contributed by atoms with Crippen LogP contribution in [0.3, 0.4) is 0 Å². The van der Waals surface area contributed by atoms with Crippen LogP contribution in [0, 0.1) is 0 Å². The minimum atomic E-state index is 1.10. The highest BCUT2D eigenvalue weighted by Gasteiger charge is 2.20. The maximum atomic E-state index is 2.41. The lowest BCUT2D eigenvalue weighted by atomic mass is 9.94. The van der Waals surface area contributed by atoms with Gasteiger partial charge in [0.25, 0.3) is 0 Å². The Morgan fingerprint density at radius 1 is 0.214 bits per heavy atom. The molecular weight excluding hydrogens is 849 g/mol. The summed E-state index contributed by atoms with van der Waals surface area (Å²) in [5.41, 5.74) is 18.3. The van der Waals surface area contributed by atoms with E-state index in [0.717, 1.165) is 56.5 Å². The van der Waals surface area contributed by atoms with E-state index in [2.05, 4.69) is 298 Å². The molecule has 0 aliphatic carbocycles. The van der Waals surface area contributed by atoms with Crippen molar-refractivity contribution in [1.29, 1.82) is 0 Å². The van der Waals surface area contributed by atoms with Gasteiger partial charge < -0.3 is 18.9 Å². The maximum absolute atomic E-state index is 2.41. The van der Waals surface area contributed by atoms with Gasteiger partial charge in [-0.05, 0) is 131 Å². The van der Waals surface area contributed by atoms with E-state index in [0.29, 0.717) is 0 Å². The van der Waals surface area contributed by atoms with Crippen molar-refractivity contribution >= 4 is 77.7 Å². The number of hydrogen-bond donors (Lipinski definition) is 0. The van der Waals surface area contributed by atoms with Crippen molar-refractivity contribution in [3.63, 3.8) is 0 Å². The van der Waals surface area contributed by atoms with Gasteiger partial charge in [0.05, 0.1) is 22.1 Å². The monoisotopic (exact) mass is 894 g/mol. The molecule has 0 atom stereocenters. The molecule has 0 aliphatic rings. The molecule has 4 nitrogen and oxygen atoms in total. The highest BCUT2D eigenvalue weighted by molar-refractivity contribution is 6.11. The minimum absolute atomic E-state index is 1.10. The van der Waals surface area contributed by atoms with Crippen LogP contribution in [0.4, 0.5) is 34.1 Å². The van der Waals surface area contributed by atoms with E-state index in [-0.39, 0.29) is 0 Å². The van der Waals surface area contributed by atoms with Crippen molar-refractivity contribution in [2.45, 2.75) is 0 Å². The van der Waals surface area contributed by atoms with Gasteiger partial charge in [-0.3, -0.25) is 0 Å². The molecule has 330 valence electrons. The number of fused-ring (bicyclic) bond motifs is 6. The first-order chi connectivity index (χ1) is 34.7. The van der Waals surface area contributed by atoms with Crippen LogP contribution in [0.15, 0.2) is 279 Å². The molecule has 0 N–H and O–H groups in total. The topological polar surface area (TPSA) is 16.3 Å². The Balaban J connectivity index is 0.870. The normalized spacial score (nSPS) is 11.4. The summed E-state index contributed by atoms with van der Waals surface area (Å²) in [4.78, 5) is 4.67. The van der Waals surface area contributed by atoms with E-state index in [9.17, 15) is 0 Å². The molecule has 13 rings (SSSR count). The van der Waals surface area contributed by atoms with Crippen molar-refractivity contribution in [2.24, 2.45) is 0 Å². The van der Waals surface area contributed by atoms with Crippen molar-refractivity contribution < 1.29 is 0 Å². The average molecular weight is 895 g/mol. The second-order valence-electron chi connectivity index (χ2n) is 17.8. The van der Waals surface area contributed by atoms with E-state index < -0.39 is 0 Å². The standard InChI is InChI=1S/C66H46N4/c1-5-19-49(20-6-1)67(50-21-7-2-8-22-50)55-41-43-61-59-29-15-17-31-63(59)69(65(61)45-55)53-37-33-47(34-38-53)57-27-13-14-28-58(57)48-35-39-54(40-36-48)70-64-32-18-16-30-60(64)62-44-42-56(46-66(62)70)68(51-23-9-3-10-24-51)52-25-11-4-12-26-52/h1-46H. The van der Waals surface area contributed by atoms with Gasteiger partial charge in [0.1, 0.15) is 0 Å². The zero-order valence-corrected chi connectivity index (χ0v) is 38.3. The molecule has 0 radical (unpaired) electrons. The predicted octanol–water partition coefficient (Wildman–Crippen LogP) is 18.2. The molecule has 2 aromatic heterocycles. The lowest BCUT2D eigenvalue weighted by molar-refractivity contribution is 1.18. The number of rotatable bonds is 10. The molecule has 0 fully saturated rings. The molecule has 70 heavy (non-hydrogen) atoms. The number of aromatic nitrogens is 2. The molecular formula is C66H46N4. The van der Waals surface area contributed by atoms with E-state index >= 15 is 0 Å². The van der Waals surface area contributed by atoms with E-state index in [4.69, 9.17) is 0 Å². The summed E-state index contributed by atoms with van der Waals surface area (Å²) < 4.78 is 4.82. The van der Waals surface area contributed by atoms with E-state index in [1.165, 1.54) is 54.8 Å². The van der Waals surface area contributed by atoms with Crippen molar-refractivity contribution in [1.82, 2.24) is 9.13 Å². The molecule has 4 heteroatoms. The first-order valence-corrected chi connectivity index (χ1v) is 23.9. The van der Waals surface area contributed by atoms with Crippen molar-refractivity contribution in [3.05, 3.63) is 279 Å². The van der Waals surface area contributed by atoms with Gasteiger partial charge in [-0.2, -0.15) is 0 Å². The molecule has 0 amide bonds. The number of hydrogen-bond acceptors (Lipinski definition) is 2. The van der Waals surface area contributed by atoms with Crippen LogP contribution in [0.5, 0.6) is 0 Å². The van der Waals surface area contributed by atoms with E-state index in [1.807, 2.05) is 0 Å².